The second kappa shape index (κ2) is 7.20. The van der Waals surface area contributed by atoms with Crippen LogP contribution >= 0.6 is 0 Å². The first-order valence-electron chi connectivity index (χ1n) is 9.13. The largest absolute Gasteiger partial charge is 0.454 e. The van der Waals surface area contributed by atoms with Gasteiger partial charge in [0.2, 0.25) is 0 Å². The Morgan fingerprint density at radius 3 is 2.50 bits per heavy atom. The van der Waals surface area contributed by atoms with Crippen molar-refractivity contribution in [3.8, 4) is 17.9 Å². The Morgan fingerprint density at radius 1 is 1.04 bits per heavy atom. The average molecular weight is 344 g/mol. The summed E-state index contributed by atoms with van der Waals surface area (Å²) in [7, 11) is 0. The number of fused-ring (bicyclic) bond motifs is 1. The van der Waals surface area contributed by atoms with E-state index in [-0.39, 0.29) is 18.1 Å². The van der Waals surface area contributed by atoms with Crippen LogP contribution in [-0.4, -0.2) is 36.1 Å². The lowest BCUT2D eigenvalue weighted by Crippen LogP contribution is -2.42. The molecule has 3 aliphatic rings. The van der Waals surface area contributed by atoms with Crippen molar-refractivity contribution in [2.75, 3.05) is 13.1 Å². The first-order chi connectivity index (χ1) is 12.7. The minimum absolute atomic E-state index is 0.176. The molecular formula is C22H20N2O2. The van der Waals surface area contributed by atoms with Crippen LogP contribution in [0.5, 0.6) is 0 Å². The lowest BCUT2D eigenvalue weighted by molar-refractivity contribution is -0.139. The highest BCUT2D eigenvalue weighted by atomic mass is 16.5. The van der Waals surface area contributed by atoms with Crippen LogP contribution in [0.1, 0.15) is 36.8 Å². The number of ether oxygens (including phenoxy) is 1. The van der Waals surface area contributed by atoms with Crippen molar-refractivity contribution in [2.45, 2.75) is 37.8 Å². The molecule has 0 spiro atoms. The number of rotatable bonds is 1. The van der Waals surface area contributed by atoms with Crippen molar-refractivity contribution >= 4 is 5.97 Å². The van der Waals surface area contributed by atoms with Crippen molar-refractivity contribution in [3.05, 3.63) is 58.7 Å². The summed E-state index contributed by atoms with van der Waals surface area (Å²) in [5.41, 5.74) is 3.28. The number of benzene rings is 1. The Bertz CT molecular complexity index is 871. The van der Waals surface area contributed by atoms with E-state index in [1.807, 2.05) is 12.1 Å². The van der Waals surface area contributed by atoms with Gasteiger partial charge in [-0.3, -0.25) is 4.90 Å². The molecule has 4 rings (SSSR count). The number of likely N-dealkylation sites (tertiary alicyclic amines) is 1. The van der Waals surface area contributed by atoms with Crippen LogP contribution in [0.3, 0.4) is 0 Å². The molecule has 1 saturated heterocycles. The van der Waals surface area contributed by atoms with E-state index in [0.717, 1.165) is 36.2 Å². The predicted molar refractivity (Wildman–Crippen MR) is 97.9 cm³/mol. The van der Waals surface area contributed by atoms with E-state index in [2.05, 4.69) is 28.9 Å². The summed E-state index contributed by atoms with van der Waals surface area (Å²) in [5.74, 6) is 6.13. The maximum atomic E-state index is 11.8. The van der Waals surface area contributed by atoms with Crippen molar-refractivity contribution in [2.24, 2.45) is 0 Å². The molecule has 26 heavy (non-hydrogen) atoms. The molecule has 0 saturated carbocycles. The van der Waals surface area contributed by atoms with Crippen LogP contribution in [-0.2, 0) is 9.53 Å². The maximum Gasteiger partial charge on any atom is 0.331 e. The number of hydrogen-bond donors (Lipinski definition) is 0. The first kappa shape index (κ1) is 16.6. The molecule has 2 heterocycles. The van der Waals surface area contributed by atoms with Gasteiger partial charge in [0, 0.05) is 35.2 Å². The Labute approximate surface area is 153 Å². The fourth-order valence-electron chi connectivity index (χ4n) is 3.85. The van der Waals surface area contributed by atoms with Crippen LogP contribution in [0, 0.1) is 23.2 Å². The monoisotopic (exact) mass is 344 g/mol. The van der Waals surface area contributed by atoms with Gasteiger partial charge in [0.25, 0.3) is 0 Å². The number of esters is 1. The first-order valence-corrected chi connectivity index (χ1v) is 9.13. The second-order valence-electron chi connectivity index (χ2n) is 6.94. The Balaban J connectivity index is 1.62. The van der Waals surface area contributed by atoms with Gasteiger partial charge in [0.15, 0.2) is 0 Å². The van der Waals surface area contributed by atoms with Crippen molar-refractivity contribution in [1.29, 1.82) is 5.26 Å². The van der Waals surface area contributed by atoms with Gasteiger partial charge in [-0.15, -0.1) is 0 Å². The Morgan fingerprint density at radius 2 is 1.77 bits per heavy atom. The number of nitriles is 1. The molecule has 4 nitrogen and oxygen atoms in total. The molecule has 4 heteroatoms. The molecule has 0 aromatic heterocycles. The molecule has 0 radical (unpaired) electrons. The van der Waals surface area contributed by atoms with Gasteiger partial charge in [-0.25, -0.2) is 4.79 Å². The zero-order valence-corrected chi connectivity index (χ0v) is 14.6. The van der Waals surface area contributed by atoms with Gasteiger partial charge in [-0.05, 0) is 50.2 Å². The number of nitrogens with zero attached hydrogens (tertiary/aromatic N) is 2. The lowest BCUT2D eigenvalue weighted by Gasteiger charge is -2.36. The Kier molecular flexibility index (Phi) is 4.61. The molecule has 2 unspecified atom stereocenters. The van der Waals surface area contributed by atoms with Crippen molar-refractivity contribution in [3.63, 3.8) is 0 Å². The summed E-state index contributed by atoms with van der Waals surface area (Å²) in [6.45, 7) is 2.19. The van der Waals surface area contributed by atoms with Gasteiger partial charge in [0.05, 0.1) is 11.6 Å². The van der Waals surface area contributed by atoms with Gasteiger partial charge >= 0.3 is 5.97 Å². The third-order valence-corrected chi connectivity index (χ3v) is 5.22. The van der Waals surface area contributed by atoms with Gasteiger partial charge < -0.3 is 4.74 Å². The van der Waals surface area contributed by atoms with E-state index < -0.39 is 0 Å². The summed E-state index contributed by atoms with van der Waals surface area (Å²) >= 11 is 0. The minimum atomic E-state index is -0.268. The standard InChI is InChI=1S/C22H20N2O2/c23-15-17-6-4-16(5-7-17)8-9-18-12-19(24-10-2-1-3-11-24)13-21-20(18)14-22(25)26-21/h4-7,12,14,19,21H,1-3,10-11,13H2. The van der Waals surface area contributed by atoms with Crippen molar-refractivity contribution in [1.82, 2.24) is 4.90 Å². The van der Waals surface area contributed by atoms with Crippen LogP contribution < -0.4 is 0 Å². The minimum Gasteiger partial charge on any atom is -0.454 e. The summed E-state index contributed by atoms with van der Waals surface area (Å²) in [6, 6.07) is 9.60. The molecule has 2 aliphatic heterocycles. The lowest BCUT2D eigenvalue weighted by atomic mass is 9.87. The van der Waals surface area contributed by atoms with Gasteiger partial charge in [-0.1, -0.05) is 24.3 Å². The van der Waals surface area contributed by atoms with E-state index in [1.165, 1.54) is 19.3 Å². The average Bonchev–Trinajstić information content (AvgIpc) is 3.07. The molecular weight excluding hydrogens is 324 g/mol. The van der Waals surface area contributed by atoms with Crippen LogP contribution in [0.2, 0.25) is 0 Å². The zero-order valence-electron chi connectivity index (χ0n) is 14.6. The SMILES string of the molecule is N#Cc1ccc(C#CC2=CC(N3CCCCC3)CC3OC(=O)C=C23)cc1. The highest BCUT2D eigenvalue weighted by molar-refractivity contribution is 5.88. The van der Waals surface area contributed by atoms with Gasteiger partial charge in [0.1, 0.15) is 6.10 Å². The van der Waals surface area contributed by atoms with E-state index >= 15 is 0 Å². The molecule has 0 bridgehead atoms. The third-order valence-electron chi connectivity index (χ3n) is 5.22. The van der Waals surface area contributed by atoms with Crippen LogP contribution in [0.4, 0.5) is 0 Å². The van der Waals surface area contributed by atoms with E-state index in [9.17, 15) is 4.79 Å². The molecule has 0 N–H and O–H groups in total. The Hall–Kier alpha value is -2.82. The fraction of sp³-hybridized carbons (Fsp3) is 0.364. The summed E-state index contributed by atoms with van der Waals surface area (Å²) in [5, 5.41) is 8.89. The van der Waals surface area contributed by atoms with Crippen LogP contribution in [0.25, 0.3) is 0 Å². The number of hydrogen-bond acceptors (Lipinski definition) is 4. The van der Waals surface area contributed by atoms with E-state index in [4.69, 9.17) is 10.00 Å². The number of carbonyl (C=O) groups excluding carboxylic acids is 1. The van der Waals surface area contributed by atoms with Crippen LogP contribution in [0.15, 0.2) is 47.6 Å². The summed E-state index contributed by atoms with van der Waals surface area (Å²) in [4.78, 5) is 14.2. The van der Waals surface area contributed by atoms with E-state index in [1.54, 1.807) is 18.2 Å². The molecule has 130 valence electrons. The highest BCUT2D eigenvalue weighted by Gasteiger charge is 2.36. The zero-order chi connectivity index (χ0) is 17.9. The summed E-state index contributed by atoms with van der Waals surface area (Å²) < 4.78 is 5.50. The summed E-state index contributed by atoms with van der Waals surface area (Å²) in [6.07, 6.45) is 8.17. The predicted octanol–water partition coefficient (Wildman–Crippen LogP) is 2.95. The molecule has 1 aromatic carbocycles. The molecule has 2 atom stereocenters. The number of piperidine rings is 1. The molecule has 1 fully saturated rings. The molecule has 0 amide bonds. The normalized spacial score (nSPS) is 25.1. The smallest absolute Gasteiger partial charge is 0.331 e. The van der Waals surface area contributed by atoms with Crippen molar-refractivity contribution < 1.29 is 9.53 Å². The third kappa shape index (κ3) is 3.43. The quantitative estimate of drug-likeness (QED) is 0.581. The molecule has 1 aromatic rings. The molecule has 1 aliphatic carbocycles. The fourth-order valence-corrected chi connectivity index (χ4v) is 3.85. The maximum absolute atomic E-state index is 11.8. The number of carbonyl (C=O) groups is 1. The second-order valence-corrected chi connectivity index (χ2v) is 6.94. The van der Waals surface area contributed by atoms with E-state index in [0.29, 0.717) is 5.56 Å². The topological polar surface area (TPSA) is 53.3 Å². The highest BCUT2D eigenvalue weighted by Crippen LogP contribution is 2.34. The van der Waals surface area contributed by atoms with Gasteiger partial charge in [-0.2, -0.15) is 5.26 Å².